The number of allylic oxidation sites excluding steroid dienone is 2. The highest BCUT2D eigenvalue weighted by Crippen LogP contribution is 2.45. The molecule has 0 aromatic carbocycles. The molecule has 1 aromatic heterocycles. The molecular weight excluding hydrogens is 298 g/mol. The summed E-state index contributed by atoms with van der Waals surface area (Å²) in [6.07, 6.45) is 8.03. The van der Waals surface area contributed by atoms with Gasteiger partial charge in [0.25, 0.3) is 0 Å². The van der Waals surface area contributed by atoms with Crippen molar-refractivity contribution < 1.29 is 4.79 Å². The minimum absolute atomic E-state index is 0.281. The van der Waals surface area contributed by atoms with Crippen molar-refractivity contribution in [3.63, 3.8) is 0 Å². The first-order valence-electron chi connectivity index (χ1n) is 7.93. The van der Waals surface area contributed by atoms with Crippen LogP contribution in [0.5, 0.6) is 0 Å². The molecule has 2 aliphatic carbocycles. The molecule has 0 radical (unpaired) electrons. The first kappa shape index (κ1) is 13.9. The summed E-state index contributed by atoms with van der Waals surface area (Å²) in [4.78, 5) is 16.4. The van der Waals surface area contributed by atoms with Crippen LogP contribution in [0.2, 0.25) is 0 Å². The fourth-order valence-corrected chi connectivity index (χ4v) is 6.23. The summed E-state index contributed by atoms with van der Waals surface area (Å²) in [6, 6.07) is 4.37. The van der Waals surface area contributed by atoms with E-state index in [1.807, 2.05) is 23.1 Å². The monoisotopic (exact) mass is 319 g/mol. The van der Waals surface area contributed by atoms with Crippen molar-refractivity contribution in [3.8, 4) is 0 Å². The molecule has 1 saturated heterocycles. The Morgan fingerprint density at radius 1 is 1.24 bits per heavy atom. The van der Waals surface area contributed by atoms with Gasteiger partial charge in [0, 0.05) is 34.9 Å². The lowest BCUT2D eigenvalue weighted by Crippen LogP contribution is -2.39. The van der Waals surface area contributed by atoms with Gasteiger partial charge < -0.3 is 4.90 Å². The van der Waals surface area contributed by atoms with Crippen LogP contribution in [0.15, 0.2) is 29.7 Å². The SMILES string of the molecule is O=C(C1CC2C=CC1C2)N1CCSC(c2cccs2)CC1. The Morgan fingerprint density at radius 2 is 2.19 bits per heavy atom. The summed E-state index contributed by atoms with van der Waals surface area (Å²) in [5.41, 5.74) is 0. The fraction of sp³-hybridized carbons (Fsp3) is 0.588. The van der Waals surface area contributed by atoms with Crippen molar-refractivity contribution in [2.45, 2.75) is 24.5 Å². The van der Waals surface area contributed by atoms with Gasteiger partial charge in [-0.3, -0.25) is 4.79 Å². The van der Waals surface area contributed by atoms with E-state index in [-0.39, 0.29) is 5.92 Å². The third-order valence-corrected chi connectivity index (χ3v) is 7.56. The first-order valence-corrected chi connectivity index (χ1v) is 9.86. The van der Waals surface area contributed by atoms with Crippen LogP contribution in [0.25, 0.3) is 0 Å². The zero-order valence-electron chi connectivity index (χ0n) is 12.1. The van der Waals surface area contributed by atoms with E-state index >= 15 is 0 Å². The quantitative estimate of drug-likeness (QED) is 0.769. The summed E-state index contributed by atoms with van der Waals surface area (Å²) in [6.45, 7) is 1.87. The molecule has 112 valence electrons. The van der Waals surface area contributed by atoms with Crippen LogP contribution >= 0.6 is 23.1 Å². The Morgan fingerprint density at radius 3 is 2.90 bits per heavy atom. The fourth-order valence-electron chi connectivity index (χ4n) is 3.99. The smallest absolute Gasteiger partial charge is 0.226 e. The molecule has 2 nitrogen and oxygen atoms in total. The van der Waals surface area contributed by atoms with E-state index < -0.39 is 0 Å². The Bertz CT molecular complexity index is 539. The number of rotatable bonds is 2. The lowest BCUT2D eigenvalue weighted by atomic mass is 9.92. The number of nitrogens with zero attached hydrogens (tertiary/aromatic N) is 1. The van der Waals surface area contributed by atoms with Gasteiger partial charge in [0.15, 0.2) is 0 Å². The van der Waals surface area contributed by atoms with E-state index in [1.54, 1.807) is 0 Å². The zero-order chi connectivity index (χ0) is 14.2. The molecule has 3 aliphatic rings. The molecule has 1 saturated carbocycles. The number of hydrogen-bond donors (Lipinski definition) is 0. The van der Waals surface area contributed by atoms with Crippen LogP contribution in [-0.4, -0.2) is 29.6 Å². The van der Waals surface area contributed by atoms with Crippen LogP contribution in [0.4, 0.5) is 0 Å². The van der Waals surface area contributed by atoms with Gasteiger partial charge >= 0.3 is 0 Å². The standard InChI is InChI=1S/C17H21NOS2/c19-17(14-11-12-3-4-13(14)10-12)18-6-5-16(21-9-7-18)15-2-1-8-20-15/h1-4,8,12-14,16H,5-7,9-11H2. The van der Waals surface area contributed by atoms with E-state index in [9.17, 15) is 4.79 Å². The van der Waals surface area contributed by atoms with Gasteiger partial charge in [-0.1, -0.05) is 18.2 Å². The zero-order valence-corrected chi connectivity index (χ0v) is 13.7. The maximum atomic E-state index is 12.8. The van der Waals surface area contributed by atoms with E-state index in [2.05, 4.69) is 34.6 Å². The first-order chi connectivity index (χ1) is 10.3. The second-order valence-electron chi connectivity index (χ2n) is 6.38. The maximum absolute atomic E-state index is 12.8. The normalized spacial score (nSPS) is 35.1. The molecule has 0 N–H and O–H groups in total. The van der Waals surface area contributed by atoms with E-state index in [4.69, 9.17) is 0 Å². The van der Waals surface area contributed by atoms with Crippen LogP contribution in [0.1, 0.15) is 29.4 Å². The Hall–Kier alpha value is -0.740. The summed E-state index contributed by atoms with van der Waals surface area (Å²) in [7, 11) is 0. The van der Waals surface area contributed by atoms with Crippen molar-refractivity contribution in [3.05, 3.63) is 34.5 Å². The molecule has 2 heterocycles. The maximum Gasteiger partial charge on any atom is 0.226 e. The average Bonchev–Trinajstić information content (AvgIpc) is 3.22. The van der Waals surface area contributed by atoms with Crippen LogP contribution in [-0.2, 0) is 4.79 Å². The average molecular weight is 319 g/mol. The van der Waals surface area contributed by atoms with Crippen molar-refractivity contribution in [2.24, 2.45) is 17.8 Å². The van der Waals surface area contributed by atoms with Gasteiger partial charge in [0.2, 0.25) is 5.91 Å². The molecule has 21 heavy (non-hydrogen) atoms. The molecule has 1 aliphatic heterocycles. The largest absolute Gasteiger partial charge is 0.342 e. The van der Waals surface area contributed by atoms with E-state index in [1.165, 1.54) is 11.3 Å². The van der Waals surface area contributed by atoms with Crippen molar-refractivity contribution in [1.29, 1.82) is 0 Å². The summed E-state index contributed by atoms with van der Waals surface area (Å²) >= 11 is 3.87. The minimum Gasteiger partial charge on any atom is -0.342 e. The van der Waals surface area contributed by atoms with Crippen molar-refractivity contribution in [2.75, 3.05) is 18.8 Å². The van der Waals surface area contributed by atoms with Gasteiger partial charge in [-0.25, -0.2) is 0 Å². The van der Waals surface area contributed by atoms with E-state index in [0.717, 1.165) is 31.7 Å². The number of thioether (sulfide) groups is 1. The van der Waals surface area contributed by atoms with Gasteiger partial charge in [0.05, 0.1) is 0 Å². The molecule has 1 amide bonds. The molecule has 4 unspecified atom stereocenters. The molecule has 0 spiro atoms. The number of carbonyl (C=O) groups is 1. The number of amides is 1. The van der Waals surface area contributed by atoms with Crippen molar-refractivity contribution >= 4 is 29.0 Å². The number of thiophene rings is 1. The van der Waals surface area contributed by atoms with E-state index in [0.29, 0.717) is 23.0 Å². The van der Waals surface area contributed by atoms with Gasteiger partial charge in [-0.15, -0.1) is 11.3 Å². The summed E-state index contributed by atoms with van der Waals surface area (Å²) in [5, 5.41) is 2.74. The molecule has 4 atom stereocenters. The summed E-state index contributed by atoms with van der Waals surface area (Å²) < 4.78 is 0. The van der Waals surface area contributed by atoms with Gasteiger partial charge in [-0.2, -0.15) is 11.8 Å². The Kier molecular flexibility index (Phi) is 3.84. The second kappa shape index (κ2) is 5.81. The third kappa shape index (κ3) is 2.68. The lowest BCUT2D eigenvalue weighted by molar-refractivity contribution is -0.136. The highest BCUT2D eigenvalue weighted by atomic mass is 32.2. The minimum atomic E-state index is 0.281. The molecule has 4 heteroatoms. The highest BCUT2D eigenvalue weighted by Gasteiger charge is 2.41. The highest BCUT2D eigenvalue weighted by molar-refractivity contribution is 7.99. The number of hydrogen-bond acceptors (Lipinski definition) is 3. The van der Waals surface area contributed by atoms with Gasteiger partial charge in [-0.05, 0) is 42.5 Å². The number of carbonyl (C=O) groups excluding carboxylic acids is 1. The molecule has 2 fully saturated rings. The third-order valence-electron chi connectivity index (χ3n) is 5.11. The molecule has 4 rings (SSSR count). The predicted molar refractivity (Wildman–Crippen MR) is 89.6 cm³/mol. The van der Waals surface area contributed by atoms with Crippen LogP contribution < -0.4 is 0 Å². The summed E-state index contributed by atoms with van der Waals surface area (Å²) in [5.74, 6) is 3.00. The topological polar surface area (TPSA) is 20.3 Å². The Balaban J connectivity index is 1.40. The Labute approximate surface area is 134 Å². The van der Waals surface area contributed by atoms with Crippen LogP contribution in [0.3, 0.4) is 0 Å². The second-order valence-corrected chi connectivity index (χ2v) is 8.67. The number of fused-ring (bicyclic) bond motifs is 2. The van der Waals surface area contributed by atoms with Crippen LogP contribution in [0, 0.1) is 17.8 Å². The lowest BCUT2D eigenvalue weighted by Gasteiger charge is -2.27. The predicted octanol–water partition coefficient (Wildman–Crippen LogP) is 3.97. The molecule has 1 aromatic rings. The van der Waals surface area contributed by atoms with Crippen molar-refractivity contribution in [1.82, 2.24) is 4.90 Å². The van der Waals surface area contributed by atoms with Gasteiger partial charge in [0.1, 0.15) is 0 Å². The molecular formula is C17H21NOS2. The molecule has 2 bridgehead atoms.